The number of hydrogen-bond donors (Lipinski definition) is 1. The van der Waals surface area contributed by atoms with Crippen LogP contribution in [0.3, 0.4) is 0 Å². The largest absolute Gasteiger partial charge is 0.453 e. The molecule has 0 fully saturated rings. The number of para-hydroxylation sites is 1. The van der Waals surface area contributed by atoms with Gasteiger partial charge in [-0.25, -0.2) is 4.39 Å². The van der Waals surface area contributed by atoms with E-state index in [4.69, 9.17) is 4.42 Å². The first-order valence-corrected chi connectivity index (χ1v) is 7.15. The first kappa shape index (κ1) is 13.8. The lowest BCUT2D eigenvalue weighted by Gasteiger charge is -2.11. The number of nitrogens with one attached hydrogen (secondary N) is 1. The summed E-state index contributed by atoms with van der Waals surface area (Å²) in [7, 11) is 0. The highest BCUT2D eigenvalue weighted by molar-refractivity contribution is 5.83. The molecule has 0 aliphatic carbocycles. The van der Waals surface area contributed by atoms with Crippen LogP contribution in [-0.4, -0.2) is 6.04 Å². The lowest BCUT2D eigenvalue weighted by atomic mass is 10.0. The Labute approximate surface area is 123 Å². The molecular weight excluding hydrogens is 265 g/mol. The van der Waals surface area contributed by atoms with Crippen LogP contribution in [0.2, 0.25) is 0 Å². The molecule has 2 nitrogen and oxygen atoms in total. The van der Waals surface area contributed by atoms with Gasteiger partial charge in [-0.05, 0) is 17.7 Å². The topological polar surface area (TPSA) is 25.2 Å². The van der Waals surface area contributed by atoms with Gasteiger partial charge in [0, 0.05) is 23.5 Å². The summed E-state index contributed by atoms with van der Waals surface area (Å²) in [4.78, 5) is 0. The number of fused-ring (bicyclic) bond motifs is 1. The molecule has 0 unspecified atom stereocenters. The van der Waals surface area contributed by atoms with Gasteiger partial charge in [0.15, 0.2) is 11.4 Å². The first-order valence-electron chi connectivity index (χ1n) is 7.15. The van der Waals surface area contributed by atoms with E-state index in [-0.39, 0.29) is 5.82 Å². The van der Waals surface area contributed by atoms with E-state index in [1.807, 2.05) is 30.3 Å². The quantitative estimate of drug-likeness (QED) is 0.748. The van der Waals surface area contributed by atoms with Crippen LogP contribution in [0.25, 0.3) is 22.3 Å². The zero-order chi connectivity index (χ0) is 14.8. The molecule has 0 spiro atoms. The number of furan rings is 1. The Morgan fingerprint density at radius 2 is 1.90 bits per heavy atom. The lowest BCUT2D eigenvalue weighted by molar-refractivity contribution is 0.565. The summed E-state index contributed by atoms with van der Waals surface area (Å²) in [5.41, 5.74) is 2.46. The van der Waals surface area contributed by atoms with E-state index in [0.29, 0.717) is 17.4 Å². The fourth-order valence-electron chi connectivity index (χ4n) is 2.39. The maximum Gasteiger partial charge on any atom is 0.170 e. The molecule has 2 aromatic carbocycles. The highest BCUT2D eigenvalue weighted by Gasteiger charge is 2.12. The minimum atomic E-state index is -0.323. The summed E-state index contributed by atoms with van der Waals surface area (Å²) in [6.45, 7) is 4.98. The fourth-order valence-corrected chi connectivity index (χ4v) is 2.39. The van der Waals surface area contributed by atoms with Crippen molar-refractivity contribution < 1.29 is 8.81 Å². The maximum absolute atomic E-state index is 13.8. The molecule has 0 aliphatic heterocycles. The first-order chi connectivity index (χ1) is 10.1. The second kappa shape index (κ2) is 5.70. The van der Waals surface area contributed by atoms with Crippen LogP contribution >= 0.6 is 0 Å². The predicted octanol–water partition coefficient (Wildman–Crippen LogP) is 4.74. The third-order valence-corrected chi connectivity index (χ3v) is 3.48. The van der Waals surface area contributed by atoms with Crippen LogP contribution in [0.15, 0.2) is 52.9 Å². The molecule has 3 heteroatoms. The molecule has 0 aliphatic rings. The Morgan fingerprint density at radius 3 is 2.67 bits per heavy atom. The van der Waals surface area contributed by atoms with E-state index in [0.717, 1.165) is 23.1 Å². The Morgan fingerprint density at radius 1 is 1.10 bits per heavy atom. The number of rotatable bonds is 4. The molecule has 3 rings (SSSR count). The Balaban J connectivity index is 2.04. The Kier molecular flexibility index (Phi) is 3.76. The van der Waals surface area contributed by atoms with Crippen molar-refractivity contribution in [3.05, 3.63) is 59.9 Å². The third kappa shape index (κ3) is 2.83. The van der Waals surface area contributed by atoms with Gasteiger partial charge in [-0.1, -0.05) is 50.2 Å². The molecular formula is C18H18FNO. The van der Waals surface area contributed by atoms with Gasteiger partial charge < -0.3 is 9.73 Å². The molecule has 21 heavy (non-hydrogen) atoms. The second-order valence-electron chi connectivity index (χ2n) is 5.46. The molecule has 0 atom stereocenters. The number of benzene rings is 2. The van der Waals surface area contributed by atoms with Crippen molar-refractivity contribution in [3.8, 4) is 11.3 Å². The SMILES string of the molecule is CC(C)NCc1ccccc1-c1cc2cccc(F)c2o1. The van der Waals surface area contributed by atoms with Crippen LogP contribution in [0.5, 0.6) is 0 Å². The van der Waals surface area contributed by atoms with E-state index in [9.17, 15) is 4.39 Å². The van der Waals surface area contributed by atoms with Crippen molar-refractivity contribution in [1.82, 2.24) is 5.32 Å². The van der Waals surface area contributed by atoms with Crippen molar-refractivity contribution >= 4 is 11.0 Å². The van der Waals surface area contributed by atoms with Crippen molar-refractivity contribution in [3.63, 3.8) is 0 Å². The van der Waals surface area contributed by atoms with Gasteiger partial charge in [-0.3, -0.25) is 0 Å². The van der Waals surface area contributed by atoms with Crippen LogP contribution in [0.1, 0.15) is 19.4 Å². The van der Waals surface area contributed by atoms with Crippen LogP contribution in [0.4, 0.5) is 4.39 Å². The van der Waals surface area contributed by atoms with E-state index < -0.39 is 0 Å². The highest BCUT2D eigenvalue weighted by Crippen LogP contribution is 2.31. The summed E-state index contributed by atoms with van der Waals surface area (Å²) in [6.07, 6.45) is 0. The van der Waals surface area contributed by atoms with Crippen LogP contribution < -0.4 is 5.32 Å². The zero-order valence-electron chi connectivity index (χ0n) is 12.2. The molecule has 108 valence electrons. The predicted molar refractivity (Wildman–Crippen MR) is 83.6 cm³/mol. The van der Waals surface area contributed by atoms with E-state index in [2.05, 4.69) is 25.2 Å². The molecule has 0 amide bonds. The van der Waals surface area contributed by atoms with Gasteiger partial charge in [0.25, 0.3) is 0 Å². The summed E-state index contributed by atoms with van der Waals surface area (Å²) in [5.74, 6) is 0.382. The minimum Gasteiger partial charge on any atom is -0.453 e. The number of halogens is 1. The van der Waals surface area contributed by atoms with Gasteiger partial charge in [-0.2, -0.15) is 0 Å². The third-order valence-electron chi connectivity index (χ3n) is 3.48. The average Bonchev–Trinajstić information content (AvgIpc) is 2.91. The zero-order valence-corrected chi connectivity index (χ0v) is 12.2. The number of hydrogen-bond acceptors (Lipinski definition) is 2. The monoisotopic (exact) mass is 283 g/mol. The van der Waals surface area contributed by atoms with Gasteiger partial charge in [0.05, 0.1) is 0 Å². The smallest absolute Gasteiger partial charge is 0.170 e. The molecule has 3 aromatic rings. The minimum absolute atomic E-state index is 0.319. The van der Waals surface area contributed by atoms with E-state index in [1.54, 1.807) is 6.07 Å². The van der Waals surface area contributed by atoms with Crippen LogP contribution in [-0.2, 0) is 6.54 Å². The van der Waals surface area contributed by atoms with Gasteiger partial charge in [0.2, 0.25) is 0 Å². The van der Waals surface area contributed by atoms with Crippen molar-refractivity contribution in [1.29, 1.82) is 0 Å². The molecule has 0 bridgehead atoms. The molecule has 0 saturated carbocycles. The van der Waals surface area contributed by atoms with Crippen molar-refractivity contribution in [2.75, 3.05) is 0 Å². The maximum atomic E-state index is 13.8. The van der Waals surface area contributed by atoms with E-state index >= 15 is 0 Å². The average molecular weight is 283 g/mol. The molecule has 1 aromatic heterocycles. The molecule has 1 heterocycles. The lowest BCUT2D eigenvalue weighted by Crippen LogP contribution is -2.22. The molecule has 0 saturated heterocycles. The summed E-state index contributed by atoms with van der Waals surface area (Å²) < 4.78 is 19.5. The summed E-state index contributed by atoms with van der Waals surface area (Å²) >= 11 is 0. The second-order valence-corrected chi connectivity index (χ2v) is 5.46. The van der Waals surface area contributed by atoms with Gasteiger partial charge in [0.1, 0.15) is 5.76 Å². The van der Waals surface area contributed by atoms with Gasteiger partial charge in [-0.15, -0.1) is 0 Å². The Hall–Kier alpha value is -2.13. The highest BCUT2D eigenvalue weighted by atomic mass is 19.1. The fraction of sp³-hybridized carbons (Fsp3) is 0.222. The molecule has 0 radical (unpaired) electrons. The Bertz CT molecular complexity index is 761. The standard InChI is InChI=1S/C18H18FNO/c1-12(2)20-11-14-6-3-4-8-15(14)17-10-13-7-5-9-16(19)18(13)21-17/h3-10,12,20H,11H2,1-2H3. The van der Waals surface area contributed by atoms with Crippen molar-refractivity contribution in [2.24, 2.45) is 0 Å². The van der Waals surface area contributed by atoms with Gasteiger partial charge >= 0.3 is 0 Å². The van der Waals surface area contributed by atoms with Crippen molar-refractivity contribution in [2.45, 2.75) is 26.4 Å². The van der Waals surface area contributed by atoms with E-state index in [1.165, 1.54) is 6.07 Å². The summed E-state index contributed by atoms with van der Waals surface area (Å²) in [5, 5.41) is 4.19. The van der Waals surface area contributed by atoms with Crippen LogP contribution in [0, 0.1) is 5.82 Å². The molecule has 1 N–H and O–H groups in total. The summed E-state index contributed by atoms with van der Waals surface area (Å²) in [6, 6.07) is 15.3. The normalized spacial score (nSPS) is 11.4.